The molecule has 0 amide bonds. The standard InChI is InChI=1S/C12H18N2O3/c1-8-4-5-9(2)12(10(8)3)16-7-6-11(15)17-14-13/h4-5,14H,6-7,13H2,1-3H3. The number of ether oxygens (including phenoxy) is 1. The average Bonchev–Trinajstić information content (AvgIpc) is 2.29. The zero-order chi connectivity index (χ0) is 12.8. The smallest absolute Gasteiger partial charge is 0.329 e. The van der Waals surface area contributed by atoms with Crippen LogP contribution in [0.4, 0.5) is 0 Å². The summed E-state index contributed by atoms with van der Waals surface area (Å²) in [6.07, 6.45) is 0.150. The Labute approximate surface area is 101 Å². The van der Waals surface area contributed by atoms with Crippen LogP contribution in [0.2, 0.25) is 0 Å². The quantitative estimate of drug-likeness (QED) is 0.597. The van der Waals surface area contributed by atoms with Gasteiger partial charge in [-0.1, -0.05) is 17.7 Å². The normalized spacial score (nSPS) is 10.1. The third-order valence-electron chi connectivity index (χ3n) is 2.60. The number of rotatable bonds is 5. The number of hydrazine groups is 1. The monoisotopic (exact) mass is 238 g/mol. The van der Waals surface area contributed by atoms with Crippen molar-refractivity contribution in [1.82, 2.24) is 5.59 Å². The molecule has 17 heavy (non-hydrogen) atoms. The van der Waals surface area contributed by atoms with Gasteiger partial charge in [0.25, 0.3) is 0 Å². The zero-order valence-electron chi connectivity index (χ0n) is 10.4. The van der Waals surface area contributed by atoms with Gasteiger partial charge in [-0.05, 0) is 37.5 Å². The molecule has 1 aromatic carbocycles. The van der Waals surface area contributed by atoms with Crippen molar-refractivity contribution in [2.24, 2.45) is 5.84 Å². The van der Waals surface area contributed by atoms with Crippen molar-refractivity contribution in [2.45, 2.75) is 27.2 Å². The molecule has 0 saturated heterocycles. The van der Waals surface area contributed by atoms with Gasteiger partial charge >= 0.3 is 5.97 Å². The summed E-state index contributed by atoms with van der Waals surface area (Å²) < 4.78 is 5.60. The lowest BCUT2D eigenvalue weighted by Gasteiger charge is -2.13. The summed E-state index contributed by atoms with van der Waals surface area (Å²) in [7, 11) is 0. The molecule has 1 aromatic rings. The predicted molar refractivity (Wildman–Crippen MR) is 64.2 cm³/mol. The molecule has 0 radical (unpaired) electrons. The van der Waals surface area contributed by atoms with Gasteiger partial charge in [0.15, 0.2) is 0 Å². The van der Waals surface area contributed by atoms with Crippen LogP contribution in [-0.4, -0.2) is 12.6 Å². The largest absolute Gasteiger partial charge is 0.492 e. The van der Waals surface area contributed by atoms with Crippen LogP contribution in [-0.2, 0) is 9.63 Å². The third kappa shape index (κ3) is 3.72. The van der Waals surface area contributed by atoms with Gasteiger partial charge in [0.05, 0.1) is 13.0 Å². The van der Waals surface area contributed by atoms with E-state index < -0.39 is 5.97 Å². The first kappa shape index (κ1) is 13.5. The molecule has 0 bridgehead atoms. The summed E-state index contributed by atoms with van der Waals surface area (Å²) in [6, 6.07) is 4.04. The fraction of sp³-hybridized carbons (Fsp3) is 0.417. The Kier molecular flexibility index (Phi) is 4.93. The highest BCUT2D eigenvalue weighted by molar-refractivity contribution is 5.69. The Balaban J connectivity index is 2.58. The molecule has 0 aliphatic rings. The number of hydrogen-bond donors (Lipinski definition) is 2. The molecule has 3 N–H and O–H groups in total. The number of nitrogens with two attached hydrogens (primary N) is 1. The molecule has 5 nitrogen and oxygen atoms in total. The van der Waals surface area contributed by atoms with Gasteiger partial charge in [0.1, 0.15) is 5.75 Å². The van der Waals surface area contributed by atoms with Crippen LogP contribution in [0.25, 0.3) is 0 Å². The first-order valence-corrected chi connectivity index (χ1v) is 5.41. The van der Waals surface area contributed by atoms with Crippen LogP contribution in [0.1, 0.15) is 23.1 Å². The van der Waals surface area contributed by atoms with Gasteiger partial charge in [0, 0.05) is 0 Å². The number of carbonyl (C=O) groups excluding carboxylic acids is 1. The summed E-state index contributed by atoms with van der Waals surface area (Å²) >= 11 is 0. The van der Waals surface area contributed by atoms with Crippen LogP contribution in [0.5, 0.6) is 5.75 Å². The minimum absolute atomic E-state index is 0.150. The second kappa shape index (κ2) is 6.22. The lowest BCUT2D eigenvalue weighted by molar-refractivity contribution is -0.151. The molecule has 0 fully saturated rings. The Morgan fingerprint density at radius 3 is 2.59 bits per heavy atom. The molecule has 0 spiro atoms. The first-order chi connectivity index (χ1) is 8.06. The summed E-state index contributed by atoms with van der Waals surface area (Å²) in [6.45, 7) is 6.26. The second-order valence-electron chi connectivity index (χ2n) is 3.84. The van der Waals surface area contributed by atoms with Gasteiger partial charge in [-0.25, -0.2) is 5.84 Å². The highest BCUT2D eigenvalue weighted by Gasteiger charge is 2.08. The minimum Gasteiger partial charge on any atom is -0.492 e. The molecular weight excluding hydrogens is 220 g/mol. The molecule has 1 rings (SSSR count). The summed E-state index contributed by atoms with van der Waals surface area (Å²) in [5, 5.41) is 0. The zero-order valence-corrected chi connectivity index (χ0v) is 10.4. The average molecular weight is 238 g/mol. The molecular formula is C12H18N2O3. The summed E-state index contributed by atoms with van der Waals surface area (Å²) in [5.41, 5.74) is 5.15. The lowest BCUT2D eigenvalue weighted by Crippen LogP contribution is -2.27. The van der Waals surface area contributed by atoms with Crippen molar-refractivity contribution in [3.05, 3.63) is 28.8 Å². The van der Waals surface area contributed by atoms with Gasteiger partial charge in [-0.3, -0.25) is 4.79 Å². The topological polar surface area (TPSA) is 73.6 Å². The molecule has 0 aromatic heterocycles. The Hall–Kier alpha value is -1.59. The summed E-state index contributed by atoms with van der Waals surface area (Å²) in [5.74, 6) is 5.23. The van der Waals surface area contributed by atoms with Crippen molar-refractivity contribution in [1.29, 1.82) is 0 Å². The molecule has 0 heterocycles. The molecule has 94 valence electrons. The fourth-order valence-corrected chi connectivity index (χ4v) is 1.50. The van der Waals surface area contributed by atoms with Crippen LogP contribution in [0.3, 0.4) is 0 Å². The van der Waals surface area contributed by atoms with E-state index in [1.165, 1.54) is 0 Å². The Morgan fingerprint density at radius 1 is 1.29 bits per heavy atom. The number of benzene rings is 1. The SMILES string of the molecule is Cc1ccc(C)c(OCCC(=O)ONN)c1C. The van der Waals surface area contributed by atoms with Crippen LogP contribution in [0.15, 0.2) is 12.1 Å². The van der Waals surface area contributed by atoms with E-state index in [-0.39, 0.29) is 13.0 Å². The van der Waals surface area contributed by atoms with Gasteiger partial charge in [-0.2, -0.15) is 0 Å². The first-order valence-electron chi connectivity index (χ1n) is 5.41. The van der Waals surface area contributed by atoms with Gasteiger partial charge < -0.3 is 9.57 Å². The molecule has 0 aliphatic carbocycles. The van der Waals surface area contributed by atoms with Crippen molar-refractivity contribution >= 4 is 5.97 Å². The number of carbonyl (C=O) groups is 1. The van der Waals surface area contributed by atoms with E-state index in [2.05, 4.69) is 4.84 Å². The Morgan fingerprint density at radius 2 is 1.94 bits per heavy atom. The van der Waals surface area contributed by atoms with Crippen molar-refractivity contribution in [3.8, 4) is 5.75 Å². The van der Waals surface area contributed by atoms with E-state index in [9.17, 15) is 4.79 Å². The van der Waals surface area contributed by atoms with E-state index in [0.29, 0.717) is 0 Å². The van der Waals surface area contributed by atoms with Crippen LogP contribution >= 0.6 is 0 Å². The van der Waals surface area contributed by atoms with Crippen LogP contribution < -0.4 is 16.2 Å². The maximum atomic E-state index is 11.0. The summed E-state index contributed by atoms with van der Waals surface area (Å²) in [4.78, 5) is 15.4. The second-order valence-corrected chi connectivity index (χ2v) is 3.84. The Bertz CT molecular complexity index is 405. The molecule has 0 saturated carbocycles. The van der Waals surface area contributed by atoms with Crippen LogP contribution in [0, 0.1) is 20.8 Å². The van der Waals surface area contributed by atoms with E-state index in [4.69, 9.17) is 10.6 Å². The maximum Gasteiger partial charge on any atom is 0.329 e. The van der Waals surface area contributed by atoms with Crippen molar-refractivity contribution < 1.29 is 14.4 Å². The highest BCUT2D eigenvalue weighted by atomic mass is 16.7. The molecule has 5 heteroatoms. The van der Waals surface area contributed by atoms with E-state index in [0.717, 1.165) is 22.4 Å². The molecule has 0 atom stereocenters. The van der Waals surface area contributed by atoms with E-state index in [1.54, 1.807) is 0 Å². The van der Waals surface area contributed by atoms with E-state index in [1.807, 2.05) is 38.5 Å². The van der Waals surface area contributed by atoms with Crippen molar-refractivity contribution in [3.63, 3.8) is 0 Å². The minimum atomic E-state index is -0.449. The number of aryl methyl sites for hydroxylation is 2. The fourth-order valence-electron chi connectivity index (χ4n) is 1.50. The van der Waals surface area contributed by atoms with Gasteiger partial charge in [0.2, 0.25) is 0 Å². The third-order valence-corrected chi connectivity index (χ3v) is 2.60. The maximum absolute atomic E-state index is 11.0. The van der Waals surface area contributed by atoms with E-state index >= 15 is 0 Å². The molecule has 0 aliphatic heterocycles. The molecule has 0 unspecified atom stereocenters. The van der Waals surface area contributed by atoms with Crippen molar-refractivity contribution in [2.75, 3.05) is 6.61 Å². The lowest BCUT2D eigenvalue weighted by atomic mass is 10.1. The highest BCUT2D eigenvalue weighted by Crippen LogP contribution is 2.25. The number of hydrogen-bond acceptors (Lipinski definition) is 5. The predicted octanol–water partition coefficient (Wildman–Crippen LogP) is 1.30. The van der Waals surface area contributed by atoms with Gasteiger partial charge in [-0.15, -0.1) is 0 Å². The number of nitrogens with one attached hydrogen (secondary N) is 1.